The first-order chi connectivity index (χ1) is 11.4. The van der Waals surface area contributed by atoms with Gasteiger partial charge in [-0.15, -0.1) is 0 Å². The summed E-state index contributed by atoms with van der Waals surface area (Å²) < 4.78 is 0. The van der Waals surface area contributed by atoms with Crippen LogP contribution in [0.2, 0.25) is 0 Å². The Balaban J connectivity index is 2.08. The third kappa shape index (κ3) is 4.79. The van der Waals surface area contributed by atoms with Gasteiger partial charge in [-0.1, -0.05) is 51.1 Å². The number of rotatable bonds is 4. The monoisotopic (exact) mass is 319 g/mol. The summed E-state index contributed by atoms with van der Waals surface area (Å²) in [4.78, 5) is 16.1. The fourth-order valence-electron chi connectivity index (χ4n) is 2.17. The minimum absolute atomic E-state index is 0.0708. The fraction of sp³-hybridized carbons (Fsp3) is 0.250. The van der Waals surface area contributed by atoms with Crippen LogP contribution in [0.1, 0.15) is 37.5 Å². The minimum Gasteiger partial charge on any atom is -0.347 e. The lowest BCUT2D eigenvalue weighted by Crippen LogP contribution is -2.24. The van der Waals surface area contributed by atoms with Gasteiger partial charge in [0.1, 0.15) is 11.6 Å². The Hall–Kier alpha value is -2.93. The largest absolute Gasteiger partial charge is 0.347 e. The zero-order valence-electron chi connectivity index (χ0n) is 14.2. The number of hydrogen-bond donors (Lipinski definition) is 1. The molecule has 1 N–H and O–H groups in total. The average Bonchev–Trinajstić information content (AvgIpc) is 2.58. The first-order valence-electron chi connectivity index (χ1n) is 7.79. The van der Waals surface area contributed by atoms with E-state index in [-0.39, 0.29) is 16.9 Å². The number of benzene rings is 1. The second-order valence-electron chi connectivity index (χ2n) is 6.59. The predicted octanol–water partition coefficient (Wildman–Crippen LogP) is 3.60. The summed E-state index contributed by atoms with van der Waals surface area (Å²) in [5.41, 5.74) is 3.08. The fourth-order valence-corrected chi connectivity index (χ4v) is 2.17. The van der Waals surface area contributed by atoms with Gasteiger partial charge in [-0.05, 0) is 34.2 Å². The highest BCUT2D eigenvalue weighted by Gasteiger charge is 2.13. The van der Waals surface area contributed by atoms with Gasteiger partial charge in [-0.2, -0.15) is 5.26 Å². The third-order valence-electron chi connectivity index (χ3n) is 3.63. The molecule has 4 nitrogen and oxygen atoms in total. The van der Waals surface area contributed by atoms with Crippen LogP contribution < -0.4 is 5.32 Å². The van der Waals surface area contributed by atoms with Crippen molar-refractivity contribution >= 4 is 12.0 Å². The molecular weight excluding hydrogens is 298 g/mol. The zero-order valence-corrected chi connectivity index (χ0v) is 14.2. The molecule has 1 amide bonds. The first kappa shape index (κ1) is 17.4. The molecule has 4 heteroatoms. The smallest absolute Gasteiger partial charge is 0.262 e. The molecule has 0 saturated carbocycles. The number of carbonyl (C=O) groups excluding carboxylic acids is 1. The predicted molar refractivity (Wildman–Crippen MR) is 94.8 cm³/mol. The van der Waals surface area contributed by atoms with E-state index in [1.807, 2.05) is 36.4 Å². The van der Waals surface area contributed by atoms with Crippen LogP contribution in [0.25, 0.3) is 6.08 Å². The van der Waals surface area contributed by atoms with Crippen LogP contribution in [0, 0.1) is 11.3 Å². The van der Waals surface area contributed by atoms with Crippen molar-refractivity contribution in [3.63, 3.8) is 0 Å². The number of nitrogens with zero attached hydrogens (tertiary/aromatic N) is 2. The highest BCUT2D eigenvalue weighted by Crippen LogP contribution is 2.22. The van der Waals surface area contributed by atoms with Gasteiger partial charge in [0, 0.05) is 18.9 Å². The van der Waals surface area contributed by atoms with Crippen LogP contribution in [0.5, 0.6) is 0 Å². The highest BCUT2D eigenvalue weighted by atomic mass is 16.1. The Morgan fingerprint density at radius 2 is 1.96 bits per heavy atom. The zero-order chi connectivity index (χ0) is 17.6. The number of pyridine rings is 1. The van der Waals surface area contributed by atoms with Crippen LogP contribution in [-0.4, -0.2) is 10.9 Å². The molecule has 2 aromatic rings. The quantitative estimate of drug-likeness (QED) is 0.691. The summed E-state index contributed by atoms with van der Waals surface area (Å²) in [5.74, 6) is -0.388. The Kier molecular flexibility index (Phi) is 5.49. The van der Waals surface area contributed by atoms with Crippen LogP contribution in [0.4, 0.5) is 0 Å². The van der Waals surface area contributed by atoms with E-state index in [0.717, 1.165) is 11.1 Å². The van der Waals surface area contributed by atoms with E-state index in [4.69, 9.17) is 0 Å². The molecule has 0 aliphatic carbocycles. The molecule has 2 rings (SSSR count). The lowest BCUT2D eigenvalue weighted by atomic mass is 9.86. The van der Waals surface area contributed by atoms with Gasteiger partial charge in [0.15, 0.2) is 0 Å². The summed E-state index contributed by atoms with van der Waals surface area (Å²) in [7, 11) is 0. The van der Waals surface area contributed by atoms with E-state index in [0.29, 0.717) is 6.54 Å². The summed E-state index contributed by atoms with van der Waals surface area (Å²) in [6, 6.07) is 13.5. The molecule has 1 aromatic carbocycles. The van der Waals surface area contributed by atoms with Gasteiger partial charge in [0.25, 0.3) is 5.91 Å². The van der Waals surface area contributed by atoms with Gasteiger partial charge in [-0.25, -0.2) is 0 Å². The minimum atomic E-state index is -0.388. The number of hydrogen-bond acceptors (Lipinski definition) is 3. The molecule has 0 saturated heterocycles. The van der Waals surface area contributed by atoms with Gasteiger partial charge in [0.2, 0.25) is 0 Å². The topological polar surface area (TPSA) is 65.8 Å². The molecule has 122 valence electrons. The second-order valence-corrected chi connectivity index (χ2v) is 6.59. The van der Waals surface area contributed by atoms with Crippen molar-refractivity contribution in [1.82, 2.24) is 10.3 Å². The Morgan fingerprint density at radius 1 is 1.25 bits per heavy atom. The molecule has 0 unspecified atom stereocenters. The molecule has 0 bridgehead atoms. The molecule has 0 spiro atoms. The third-order valence-corrected chi connectivity index (χ3v) is 3.63. The van der Waals surface area contributed by atoms with Gasteiger partial charge >= 0.3 is 0 Å². The highest BCUT2D eigenvalue weighted by molar-refractivity contribution is 6.01. The van der Waals surface area contributed by atoms with Crippen LogP contribution in [0.3, 0.4) is 0 Å². The SMILES string of the molecule is CC(C)(C)c1ccc(C=C(C#N)C(=O)NCc2cccnc2)cc1. The standard InChI is InChI=1S/C20H21N3O/c1-20(2,3)18-8-6-15(7-9-18)11-17(12-21)19(24)23-14-16-5-4-10-22-13-16/h4-11,13H,14H2,1-3H3,(H,23,24). The number of nitriles is 1. The number of amides is 1. The van der Waals surface area contributed by atoms with Crippen LogP contribution >= 0.6 is 0 Å². The van der Waals surface area contributed by atoms with Crippen LogP contribution in [-0.2, 0) is 16.8 Å². The lowest BCUT2D eigenvalue weighted by Gasteiger charge is -2.18. The Bertz CT molecular complexity index is 763. The normalized spacial score (nSPS) is 11.7. The first-order valence-corrected chi connectivity index (χ1v) is 7.79. The second kappa shape index (κ2) is 7.56. The molecule has 0 aliphatic heterocycles. The number of aromatic nitrogens is 1. The Morgan fingerprint density at radius 3 is 2.50 bits per heavy atom. The van der Waals surface area contributed by atoms with Crippen molar-refractivity contribution in [2.45, 2.75) is 32.7 Å². The van der Waals surface area contributed by atoms with E-state index in [1.54, 1.807) is 24.5 Å². The number of carbonyl (C=O) groups is 1. The lowest BCUT2D eigenvalue weighted by molar-refractivity contribution is -0.117. The maximum absolute atomic E-state index is 12.2. The molecule has 0 fully saturated rings. The maximum atomic E-state index is 12.2. The maximum Gasteiger partial charge on any atom is 0.262 e. The van der Waals surface area contributed by atoms with E-state index >= 15 is 0 Å². The molecular formula is C20H21N3O. The van der Waals surface area contributed by atoms with Crippen LogP contribution in [0.15, 0.2) is 54.4 Å². The van der Waals surface area contributed by atoms with Crippen molar-refractivity contribution in [3.8, 4) is 6.07 Å². The molecule has 0 atom stereocenters. The molecule has 1 heterocycles. The summed E-state index contributed by atoms with van der Waals surface area (Å²) in [6.45, 7) is 6.77. The molecule has 24 heavy (non-hydrogen) atoms. The Labute approximate surface area is 142 Å². The molecule has 0 radical (unpaired) electrons. The van der Waals surface area contributed by atoms with E-state index in [2.05, 4.69) is 31.1 Å². The van der Waals surface area contributed by atoms with Crippen molar-refractivity contribution in [2.24, 2.45) is 0 Å². The van der Waals surface area contributed by atoms with Crippen molar-refractivity contribution < 1.29 is 4.79 Å². The summed E-state index contributed by atoms with van der Waals surface area (Å²) >= 11 is 0. The van der Waals surface area contributed by atoms with Gasteiger partial charge < -0.3 is 5.32 Å². The average molecular weight is 319 g/mol. The van der Waals surface area contributed by atoms with Crippen molar-refractivity contribution in [2.75, 3.05) is 0 Å². The van der Waals surface area contributed by atoms with Gasteiger partial charge in [-0.3, -0.25) is 9.78 Å². The van der Waals surface area contributed by atoms with E-state index in [1.165, 1.54) is 5.56 Å². The van der Waals surface area contributed by atoms with Crippen molar-refractivity contribution in [1.29, 1.82) is 5.26 Å². The van der Waals surface area contributed by atoms with Gasteiger partial charge in [0.05, 0.1) is 0 Å². The summed E-state index contributed by atoms with van der Waals surface area (Å²) in [5, 5.41) is 12.0. The number of nitrogens with one attached hydrogen (secondary N) is 1. The van der Waals surface area contributed by atoms with E-state index in [9.17, 15) is 10.1 Å². The molecule has 1 aromatic heterocycles. The molecule has 0 aliphatic rings. The van der Waals surface area contributed by atoms with E-state index < -0.39 is 0 Å². The summed E-state index contributed by atoms with van der Waals surface area (Å²) in [6.07, 6.45) is 4.96. The van der Waals surface area contributed by atoms with Crippen molar-refractivity contribution in [3.05, 3.63) is 71.1 Å².